The Hall–Kier alpha value is -3.11. The molecule has 1 aliphatic carbocycles. The molecule has 2 amide bonds. The van der Waals surface area contributed by atoms with E-state index < -0.39 is 5.97 Å². The number of hydroxylamine groups is 2. The molecule has 0 aromatic heterocycles. The lowest BCUT2D eigenvalue weighted by Crippen LogP contribution is -2.29. The van der Waals surface area contributed by atoms with Crippen LogP contribution in [0.2, 0.25) is 0 Å². The van der Waals surface area contributed by atoms with Crippen molar-refractivity contribution in [2.75, 3.05) is 52.9 Å². The van der Waals surface area contributed by atoms with Crippen molar-refractivity contribution in [3.63, 3.8) is 0 Å². The summed E-state index contributed by atoms with van der Waals surface area (Å²) in [5, 5.41) is 0.838. The Balaban J connectivity index is 0.962. The Kier molecular flexibility index (Phi) is 10.8. The lowest BCUT2D eigenvalue weighted by molar-refractivity contribution is -0.188. The van der Waals surface area contributed by atoms with E-state index in [1.54, 1.807) is 0 Å². The van der Waals surface area contributed by atoms with Crippen LogP contribution in [0.15, 0.2) is 48.5 Å². The number of hydrogen-bond donors (Lipinski definition) is 0. The minimum absolute atomic E-state index is 0.0718. The van der Waals surface area contributed by atoms with Gasteiger partial charge in [-0.05, 0) is 41.5 Å². The normalized spacial score (nSPS) is 14.7. The van der Waals surface area contributed by atoms with Crippen molar-refractivity contribution in [1.82, 2.24) is 5.06 Å². The fourth-order valence-electron chi connectivity index (χ4n) is 4.71. The molecule has 2 aromatic rings. The van der Waals surface area contributed by atoms with Gasteiger partial charge in [-0.2, -0.15) is 5.06 Å². The van der Waals surface area contributed by atoms with E-state index in [0.29, 0.717) is 38.8 Å². The van der Waals surface area contributed by atoms with Gasteiger partial charge in [-0.1, -0.05) is 48.5 Å². The highest BCUT2D eigenvalue weighted by molar-refractivity contribution is 6.00. The van der Waals surface area contributed by atoms with E-state index in [2.05, 4.69) is 48.5 Å². The number of hydrogen-bond acceptors (Lipinski definition) is 8. The molecule has 1 saturated heterocycles. The van der Waals surface area contributed by atoms with Crippen molar-refractivity contribution < 1.29 is 38.2 Å². The van der Waals surface area contributed by atoms with Crippen LogP contribution in [-0.2, 0) is 38.2 Å². The molecule has 1 heterocycles. The molecule has 204 valence electrons. The lowest BCUT2D eigenvalue weighted by atomic mass is 9.92. The zero-order chi connectivity index (χ0) is 26.6. The standard InChI is InChI=1S/C29H35NO8/c31-27-12-13-28(32)30(27)38-16-6-15-34-17-18-35-19-20-37-29(33)21-36-14-5-11-26-24-9-3-1-7-22(24)23-8-2-4-10-25(23)26/h1-4,7-10,26H,5-6,11-21H2. The van der Waals surface area contributed by atoms with Crippen LogP contribution in [0, 0.1) is 0 Å². The molecule has 1 aliphatic heterocycles. The van der Waals surface area contributed by atoms with Crippen LogP contribution in [-0.4, -0.2) is 75.7 Å². The van der Waals surface area contributed by atoms with Crippen LogP contribution in [0.3, 0.4) is 0 Å². The molecule has 0 bridgehead atoms. The lowest BCUT2D eigenvalue weighted by Gasteiger charge is -2.13. The van der Waals surface area contributed by atoms with E-state index in [9.17, 15) is 14.4 Å². The van der Waals surface area contributed by atoms with Gasteiger partial charge in [0, 0.05) is 32.0 Å². The third-order valence-electron chi connectivity index (χ3n) is 6.49. The van der Waals surface area contributed by atoms with Crippen LogP contribution < -0.4 is 0 Å². The first-order chi connectivity index (χ1) is 18.6. The number of ether oxygens (including phenoxy) is 4. The molecule has 4 rings (SSSR count). The second-order valence-electron chi connectivity index (χ2n) is 9.14. The van der Waals surface area contributed by atoms with Crippen molar-refractivity contribution in [3.05, 3.63) is 59.7 Å². The number of amides is 2. The van der Waals surface area contributed by atoms with E-state index in [-0.39, 0.29) is 51.1 Å². The van der Waals surface area contributed by atoms with Crippen molar-refractivity contribution in [2.24, 2.45) is 0 Å². The zero-order valence-electron chi connectivity index (χ0n) is 21.6. The Bertz CT molecular complexity index is 1030. The maximum Gasteiger partial charge on any atom is 0.332 e. The third kappa shape index (κ3) is 7.70. The Morgan fingerprint density at radius 1 is 0.711 bits per heavy atom. The molecule has 9 heteroatoms. The van der Waals surface area contributed by atoms with Gasteiger partial charge in [-0.25, -0.2) is 4.79 Å². The fourth-order valence-corrected chi connectivity index (χ4v) is 4.71. The van der Waals surface area contributed by atoms with Crippen LogP contribution in [0.4, 0.5) is 0 Å². The molecule has 1 fully saturated rings. The van der Waals surface area contributed by atoms with E-state index in [0.717, 1.165) is 17.9 Å². The maximum absolute atomic E-state index is 11.9. The molecule has 0 atom stereocenters. The number of esters is 1. The highest BCUT2D eigenvalue weighted by atomic mass is 16.7. The molecule has 0 saturated carbocycles. The molecule has 38 heavy (non-hydrogen) atoms. The summed E-state index contributed by atoms with van der Waals surface area (Å²) in [5.74, 6) is -0.641. The molecule has 9 nitrogen and oxygen atoms in total. The highest BCUT2D eigenvalue weighted by Crippen LogP contribution is 2.46. The SMILES string of the molecule is O=C(COCCCC1c2ccccc2-c2ccccc21)OCCOCCOCCCON1C(=O)CCC1=O. The van der Waals surface area contributed by atoms with Gasteiger partial charge in [0.15, 0.2) is 0 Å². The fraction of sp³-hybridized carbons (Fsp3) is 0.483. The van der Waals surface area contributed by atoms with Crippen LogP contribution in [0.1, 0.15) is 49.1 Å². The predicted molar refractivity (Wildman–Crippen MR) is 138 cm³/mol. The summed E-state index contributed by atoms with van der Waals surface area (Å²) < 4.78 is 21.5. The predicted octanol–water partition coefficient (Wildman–Crippen LogP) is 3.64. The minimum atomic E-state index is -0.406. The van der Waals surface area contributed by atoms with Gasteiger partial charge in [-0.15, -0.1) is 0 Å². The molecule has 0 N–H and O–H groups in total. The van der Waals surface area contributed by atoms with Crippen molar-refractivity contribution in [1.29, 1.82) is 0 Å². The minimum Gasteiger partial charge on any atom is -0.462 e. The van der Waals surface area contributed by atoms with Gasteiger partial charge in [0.05, 0.1) is 26.4 Å². The van der Waals surface area contributed by atoms with Gasteiger partial charge in [0.25, 0.3) is 11.8 Å². The maximum atomic E-state index is 11.9. The summed E-state index contributed by atoms with van der Waals surface area (Å²) in [4.78, 5) is 39.8. The number of rotatable bonds is 17. The Morgan fingerprint density at radius 2 is 1.29 bits per heavy atom. The van der Waals surface area contributed by atoms with E-state index in [4.69, 9.17) is 23.8 Å². The zero-order valence-corrected chi connectivity index (χ0v) is 21.6. The summed E-state index contributed by atoms with van der Waals surface area (Å²) in [6, 6.07) is 17.1. The quantitative estimate of drug-likeness (QED) is 0.175. The summed E-state index contributed by atoms with van der Waals surface area (Å²) >= 11 is 0. The molecular formula is C29H35NO8. The van der Waals surface area contributed by atoms with E-state index >= 15 is 0 Å². The van der Waals surface area contributed by atoms with Crippen molar-refractivity contribution in [2.45, 2.75) is 38.0 Å². The summed E-state index contributed by atoms with van der Waals surface area (Å²) in [6.07, 6.45) is 2.78. The smallest absolute Gasteiger partial charge is 0.332 e. The monoisotopic (exact) mass is 525 g/mol. The number of benzene rings is 2. The summed E-state index contributed by atoms with van der Waals surface area (Å²) in [6.45, 7) is 2.27. The second kappa shape index (κ2) is 14.7. The average molecular weight is 526 g/mol. The molecule has 2 aliphatic rings. The summed E-state index contributed by atoms with van der Waals surface area (Å²) in [5.41, 5.74) is 5.35. The molecule has 2 aromatic carbocycles. The third-order valence-corrected chi connectivity index (χ3v) is 6.49. The number of carbonyl (C=O) groups is 3. The first-order valence-electron chi connectivity index (χ1n) is 13.2. The Labute approximate surface area is 222 Å². The van der Waals surface area contributed by atoms with Gasteiger partial charge in [-0.3, -0.25) is 14.4 Å². The van der Waals surface area contributed by atoms with Crippen molar-refractivity contribution in [3.8, 4) is 11.1 Å². The summed E-state index contributed by atoms with van der Waals surface area (Å²) in [7, 11) is 0. The first kappa shape index (κ1) is 27.9. The molecular weight excluding hydrogens is 490 g/mol. The average Bonchev–Trinajstić information content (AvgIpc) is 3.43. The van der Waals surface area contributed by atoms with Crippen LogP contribution in [0.25, 0.3) is 11.1 Å². The van der Waals surface area contributed by atoms with Crippen LogP contribution in [0.5, 0.6) is 0 Å². The highest BCUT2D eigenvalue weighted by Gasteiger charge is 2.30. The van der Waals surface area contributed by atoms with Crippen molar-refractivity contribution >= 4 is 17.8 Å². The second-order valence-corrected chi connectivity index (χ2v) is 9.14. The molecule has 0 unspecified atom stereocenters. The number of nitrogens with zero attached hydrogens (tertiary/aromatic N) is 1. The van der Waals surface area contributed by atoms with Crippen LogP contribution >= 0.6 is 0 Å². The van der Waals surface area contributed by atoms with Gasteiger partial charge in [0.1, 0.15) is 13.2 Å². The van der Waals surface area contributed by atoms with E-state index in [1.165, 1.54) is 22.3 Å². The number of imide groups is 1. The van der Waals surface area contributed by atoms with Gasteiger partial charge in [0.2, 0.25) is 0 Å². The van der Waals surface area contributed by atoms with Gasteiger partial charge < -0.3 is 18.9 Å². The first-order valence-corrected chi connectivity index (χ1v) is 13.2. The number of carbonyl (C=O) groups excluding carboxylic acids is 3. The van der Waals surface area contributed by atoms with E-state index in [1.807, 2.05) is 0 Å². The molecule has 0 spiro atoms. The van der Waals surface area contributed by atoms with Gasteiger partial charge >= 0.3 is 5.97 Å². The Morgan fingerprint density at radius 3 is 1.97 bits per heavy atom. The molecule has 0 radical (unpaired) electrons. The number of fused-ring (bicyclic) bond motifs is 3. The largest absolute Gasteiger partial charge is 0.462 e. The topological polar surface area (TPSA) is 101 Å².